The maximum absolute atomic E-state index is 11.7. The summed E-state index contributed by atoms with van der Waals surface area (Å²) in [6.07, 6.45) is 4.67. The van der Waals surface area contributed by atoms with Crippen molar-refractivity contribution in [1.29, 1.82) is 0 Å². The predicted octanol–water partition coefficient (Wildman–Crippen LogP) is 1.15. The zero-order chi connectivity index (χ0) is 13.4. The van der Waals surface area contributed by atoms with E-state index >= 15 is 0 Å². The molecule has 0 unspecified atom stereocenters. The molecule has 2 N–H and O–H groups in total. The fraction of sp³-hybridized carbons (Fsp3) is 0.692. The van der Waals surface area contributed by atoms with Crippen LogP contribution in [0.4, 0.5) is 0 Å². The van der Waals surface area contributed by atoms with Crippen molar-refractivity contribution in [1.82, 2.24) is 20.2 Å². The molecule has 0 bridgehead atoms. The summed E-state index contributed by atoms with van der Waals surface area (Å²) in [6.45, 7) is 9.02. The first-order valence-electron chi connectivity index (χ1n) is 6.61. The van der Waals surface area contributed by atoms with E-state index in [4.69, 9.17) is 0 Å². The smallest absolute Gasteiger partial charge is 0.239 e. The van der Waals surface area contributed by atoms with Crippen molar-refractivity contribution < 1.29 is 4.79 Å². The van der Waals surface area contributed by atoms with Gasteiger partial charge in [-0.15, -0.1) is 0 Å². The SMILES string of the molecule is CCCNCc1nccn1CC(=O)NCC(C)C. The van der Waals surface area contributed by atoms with Crippen molar-refractivity contribution in [3.05, 3.63) is 18.2 Å². The minimum atomic E-state index is 0.0402. The molecular weight excluding hydrogens is 228 g/mol. The van der Waals surface area contributed by atoms with Gasteiger partial charge < -0.3 is 15.2 Å². The quantitative estimate of drug-likeness (QED) is 0.682. The second-order valence-electron chi connectivity index (χ2n) is 4.85. The van der Waals surface area contributed by atoms with Crippen molar-refractivity contribution in [3.8, 4) is 0 Å². The van der Waals surface area contributed by atoms with E-state index in [1.807, 2.05) is 10.8 Å². The Labute approximate surface area is 109 Å². The summed E-state index contributed by atoms with van der Waals surface area (Å²) in [6, 6.07) is 0. The first-order chi connectivity index (χ1) is 8.63. The molecule has 1 amide bonds. The van der Waals surface area contributed by atoms with Crippen LogP contribution in [-0.4, -0.2) is 28.5 Å². The molecule has 0 fully saturated rings. The monoisotopic (exact) mass is 252 g/mol. The molecule has 102 valence electrons. The van der Waals surface area contributed by atoms with Crippen LogP contribution in [0, 0.1) is 5.92 Å². The third-order valence-electron chi connectivity index (χ3n) is 2.53. The second-order valence-corrected chi connectivity index (χ2v) is 4.85. The van der Waals surface area contributed by atoms with Gasteiger partial charge in [0, 0.05) is 18.9 Å². The zero-order valence-corrected chi connectivity index (χ0v) is 11.6. The molecule has 18 heavy (non-hydrogen) atoms. The van der Waals surface area contributed by atoms with Crippen LogP contribution < -0.4 is 10.6 Å². The number of amides is 1. The topological polar surface area (TPSA) is 59.0 Å². The van der Waals surface area contributed by atoms with Crippen LogP contribution >= 0.6 is 0 Å². The lowest BCUT2D eigenvalue weighted by Gasteiger charge is -2.10. The number of hydrogen-bond acceptors (Lipinski definition) is 3. The molecule has 0 atom stereocenters. The number of nitrogens with zero attached hydrogens (tertiary/aromatic N) is 2. The molecule has 0 aliphatic heterocycles. The summed E-state index contributed by atoms with van der Waals surface area (Å²) < 4.78 is 1.89. The fourth-order valence-corrected chi connectivity index (χ4v) is 1.56. The maximum Gasteiger partial charge on any atom is 0.239 e. The van der Waals surface area contributed by atoms with Crippen LogP contribution in [0.3, 0.4) is 0 Å². The maximum atomic E-state index is 11.7. The molecular formula is C13H24N4O. The molecule has 1 heterocycles. The van der Waals surface area contributed by atoms with Crippen molar-refractivity contribution in [2.45, 2.75) is 40.3 Å². The van der Waals surface area contributed by atoms with Crippen molar-refractivity contribution in [2.75, 3.05) is 13.1 Å². The Morgan fingerprint density at radius 1 is 1.50 bits per heavy atom. The van der Waals surface area contributed by atoms with Gasteiger partial charge in [-0.05, 0) is 18.9 Å². The van der Waals surface area contributed by atoms with Crippen LogP contribution in [0.15, 0.2) is 12.4 Å². The predicted molar refractivity (Wildman–Crippen MR) is 72.1 cm³/mol. The summed E-state index contributed by atoms with van der Waals surface area (Å²) in [4.78, 5) is 16.0. The molecule has 0 spiro atoms. The Hall–Kier alpha value is -1.36. The van der Waals surface area contributed by atoms with E-state index in [0.29, 0.717) is 19.0 Å². The molecule has 0 aromatic carbocycles. The van der Waals surface area contributed by atoms with Crippen LogP contribution in [0.5, 0.6) is 0 Å². The van der Waals surface area contributed by atoms with Crippen molar-refractivity contribution in [2.24, 2.45) is 5.92 Å². The van der Waals surface area contributed by atoms with Crippen LogP contribution in [-0.2, 0) is 17.9 Å². The Morgan fingerprint density at radius 2 is 2.28 bits per heavy atom. The molecule has 1 aromatic heterocycles. The number of imidazole rings is 1. The summed E-state index contributed by atoms with van der Waals surface area (Å²) >= 11 is 0. The largest absolute Gasteiger partial charge is 0.354 e. The van der Waals surface area contributed by atoms with Crippen molar-refractivity contribution >= 4 is 5.91 Å². The zero-order valence-electron chi connectivity index (χ0n) is 11.6. The average molecular weight is 252 g/mol. The standard InChI is InChI=1S/C13H24N4O/c1-4-5-14-9-12-15-6-7-17(12)10-13(18)16-8-11(2)3/h6-7,11,14H,4-5,8-10H2,1-3H3,(H,16,18). The normalized spacial score (nSPS) is 10.9. The van der Waals surface area contributed by atoms with Gasteiger partial charge in [0.15, 0.2) is 0 Å². The third kappa shape index (κ3) is 5.31. The number of carbonyl (C=O) groups is 1. The minimum Gasteiger partial charge on any atom is -0.354 e. The van der Waals surface area contributed by atoms with E-state index in [2.05, 4.69) is 36.4 Å². The fourth-order valence-electron chi connectivity index (χ4n) is 1.56. The van der Waals surface area contributed by atoms with Gasteiger partial charge in [0.25, 0.3) is 0 Å². The first-order valence-corrected chi connectivity index (χ1v) is 6.61. The van der Waals surface area contributed by atoms with Gasteiger partial charge in [0.2, 0.25) is 5.91 Å². The second kappa shape index (κ2) is 7.87. The molecule has 0 saturated carbocycles. The van der Waals surface area contributed by atoms with E-state index < -0.39 is 0 Å². The Morgan fingerprint density at radius 3 is 2.94 bits per heavy atom. The number of aromatic nitrogens is 2. The number of hydrogen-bond donors (Lipinski definition) is 2. The molecule has 0 aliphatic carbocycles. The highest BCUT2D eigenvalue weighted by Gasteiger charge is 2.07. The van der Waals surface area contributed by atoms with Gasteiger partial charge in [-0.25, -0.2) is 4.98 Å². The average Bonchev–Trinajstić information content (AvgIpc) is 2.74. The lowest BCUT2D eigenvalue weighted by Crippen LogP contribution is -2.31. The summed E-state index contributed by atoms with van der Waals surface area (Å²) in [5, 5.41) is 6.19. The van der Waals surface area contributed by atoms with E-state index in [1.54, 1.807) is 6.20 Å². The van der Waals surface area contributed by atoms with Crippen LogP contribution in [0.1, 0.15) is 33.0 Å². The minimum absolute atomic E-state index is 0.0402. The molecule has 5 nitrogen and oxygen atoms in total. The van der Waals surface area contributed by atoms with E-state index in [9.17, 15) is 4.79 Å². The first kappa shape index (κ1) is 14.7. The third-order valence-corrected chi connectivity index (χ3v) is 2.53. The molecule has 1 aromatic rings. The van der Waals surface area contributed by atoms with Gasteiger partial charge in [0.1, 0.15) is 12.4 Å². The van der Waals surface area contributed by atoms with Crippen LogP contribution in [0.25, 0.3) is 0 Å². The van der Waals surface area contributed by atoms with Crippen molar-refractivity contribution in [3.63, 3.8) is 0 Å². The van der Waals surface area contributed by atoms with Gasteiger partial charge in [-0.2, -0.15) is 0 Å². The van der Waals surface area contributed by atoms with Gasteiger partial charge in [-0.1, -0.05) is 20.8 Å². The van der Waals surface area contributed by atoms with Crippen LogP contribution in [0.2, 0.25) is 0 Å². The number of rotatable bonds is 8. The Bertz CT molecular complexity index is 360. The highest BCUT2D eigenvalue weighted by Crippen LogP contribution is 1.98. The summed E-state index contributed by atoms with van der Waals surface area (Å²) in [5.41, 5.74) is 0. The lowest BCUT2D eigenvalue weighted by molar-refractivity contribution is -0.121. The molecule has 1 rings (SSSR count). The molecule has 0 saturated heterocycles. The highest BCUT2D eigenvalue weighted by molar-refractivity contribution is 5.75. The number of carbonyl (C=O) groups excluding carboxylic acids is 1. The van der Waals surface area contributed by atoms with Gasteiger partial charge in [-0.3, -0.25) is 4.79 Å². The lowest BCUT2D eigenvalue weighted by atomic mass is 10.2. The molecule has 5 heteroatoms. The summed E-state index contributed by atoms with van der Waals surface area (Å²) in [5.74, 6) is 1.42. The van der Waals surface area contributed by atoms with E-state index in [0.717, 1.165) is 25.3 Å². The Balaban J connectivity index is 2.41. The highest BCUT2D eigenvalue weighted by atomic mass is 16.1. The summed E-state index contributed by atoms with van der Waals surface area (Å²) in [7, 11) is 0. The Kier molecular flexibility index (Phi) is 6.43. The van der Waals surface area contributed by atoms with Gasteiger partial charge >= 0.3 is 0 Å². The molecule has 0 radical (unpaired) electrons. The van der Waals surface area contributed by atoms with E-state index in [-0.39, 0.29) is 5.91 Å². The molecule has 0 aliphatic rings. The van der Waals surface area contributed by atoms with E-state index in [1.165, 1.54) is 0 Å². The number of nitrogens with one attached hydrogen (secondary N) is 2. The van der Waals surface area contributed by atoms with Gasteiger partial charge in [0.05, 0.1) is 6.54 Å².